The smallest absolute Gasteiger partial charge is 0.283 e. The minimum atomic E-state index is -0.437. The second-order valence-electron chi connectivity index (χ2n) is 9.65. The van der Waals surface area contributed by atoms with Gasteiger partial charge in [0.25, 0.3) is 5.91 Å². The molecular formula is C32H32N4O3S2. The van der Waals surface area contributed by atoms with Gasteiger partial charge in [0.15, 0.2) is 5.17 Å². The first-order chi connectivity index (χ1) is 20.0. The highest BCUT2D eigenvalue weighted by Crippen LogP contribution is 2.33. The third-order valence-electron chi connectivity index (χ3n) is 6.77. The van der Waals surface area contributed by atoms with Crippen LogP contribution in [0.15, 0.2) is 93.8 Å². The predicted octanol–water partition coefficient (Wildman–Crippen LogP) is 7.56. The van der Waals surface area contributed by atoms with Crippen LogP contribution in [0.25, 0.3) is 6.08 Å². The highest BCUT2D eigenvalue weighted by molar-refractivity contribution is 8.18. The van der Waals surface area contributed by atoms with Crippen molar-refractivity contribution in [2.24, 2.45) is 9.39 Å². The Morgan fingerprint density at radius 1 is 1.00 bits per heavy atom. The number of nitrogens with zero attached hydrogens (tertiary/aromatic N) is 3. The molecule has 1 amide bonds. The number of aliphatic imine (C=N–C) groups is 1. The average Bonchev–Trinajstić information content (AvgIpc) is 3.41. The standard InChI is InChI=1S/C32H32N4O3S2/c1-3-22(2)26-12-7-8-13-28(26)39-19-9-18-38-25-16-14-23(15-17-25)20-27-29(33)36-31(34-30(27)37)41-35-32(36)40-21-24-10-5-4-6-11-24/h4-8,10-17,20,22,33H,3,9,18-19,21H2,1-2H3. The number of amidine groups is 3. The molecule has 0 bridgehead atoms. The number of benzene rings is 3. The molecule has 0 fully saturated rings. The minimum absolute atomic E-state index is 0.0829. The number of rotatable bonds is 11. The van der Waals surface area contributed by atoms with Gasteiger partial charge in [0.2, 0.25) is 5.17 Å². The first-order valence-electron chi connectivity index (χ1n) is 13.6. The van der Waals surface area contributed by atoms with E-state index in [2.05, 4.69) is 47.5 Å². The van der Waals surface area contributed by atoms with Crippen LogP contribution in [0.2, 0.25) is 0 Å². The summed E-state index contributed by atoms with van der Waals surface area (Å²) in [7, 11) is 0. The van der Waals surface area contributed by atoms with E-state index in [1.54, 1.807) is 11.0 Å². The van der Waals surface area contributed by atoms with Crippen LogP contribution >= 0.6 is 23.7 Å². The lowest BCUT2D eigenvalue weighted by Crippen LogP contribution is -2.41. The molecule has 2 aliphatic rings. The first-order valence-corrected chi connectivity index (χ1v) is 15.4. The van der Waals surface area contributed by atoms with E-state index in [4.69, 9.17) is 14.9 Å². The molecule has 3 aromatic carbocycles. The van der Waals surface area contributed by atoms with Gasteiger partial charge >= 0.3 is 0 Å². The molecule has 41 heavy (non-hydrogen) atoms. The van der Waals surface area contributed by atoms with Gasteiger partial charge < -0.3 is 9.47 Å². The van der Waals surface area contributed by atoms with Gasteiger partial charge in [0.05, 0.1) is 30.7 Å². The maximum absolute atomic E-state index is 12.8. The van der Waals surface area contributed by atoms with Crippen LogP contribution in [-0.2, 0) is 10.5 Å². The van der Waals surface area contributed by atoms with Gasteiger partial charge in [-0.3, -0.25) is 10.2 Å². The van der Waals surface area contributed by atoms with Crippen molar-refractivity contribution in [3.63, 3.8) is 0 Å². The summed E-state index contributed by atoms with van der Waals surface area (Å²) < 4.78 is 16.4. The summed E-state index contributed by atoms with van der Waals surface area (Å²) in [5, 5.41) is 9.83. The van der Waals surface area contributed by atoms with Gasteiger partial charge in [0.1, 0.15) is 17.3 Å². The number of nitrogens with one attached hydrogen (secondary N) is 1. The maximum atomic E-state index is 12.8. The third-order valence-corrected chi connectivity index (χ3v) is 8.60. The van der Waals surface area contributed by atoms with E-state index in [0.29, 0.717) is 35.2 Å². The number of hydrogen-bond acceptors (Lipinski definition) is 7. The van der Waals surface area contributed by atoms with Crippen LogP contribution in [0, 0.1) is 5.41 Å². The molecule has 0 spiro atoms. The summed E-state index contributed by atoms with van der Waals surface area (Å²) in [6, 6.07) is 25.8. The van der Waals surface area contributed by atoms with Crippen molar-refractivity contribution in [3.8, 4) is 11.5 Å². The van der Waals surface area contributed by atoms with Gasteiger partial charge in [-0.2, -0.15) is 9.39 Å². The number of hydrogen-bond donors (Lipinski definition) is 1. The number of para-hydroxylation sites is 1. The lowest BCUT2D eigenvalue weighted by Gasteiger charge is -2.24. The van der Waals surface area contributed by atoms with Gasteiger partial charge in [-0.05, 0) is 53.3 Å². The zero-order chi connectivity index (χ0) is 28.6. The van der Waals surface area contributed by atoms with Crippen molar-refractivity contribution in [1.82, 2.24) is 4.90 Å². The van der Waals surface area contributed by atoms with Crippen LogP contribution in [0.4, 0.5) is 0 Å². The predicted molar refractivity (Wildman–Crippen MR) is 170 cm³/mol. The Bertz CT molecular complexity index is 1490. The lowest BCUT2D eigenvalue weighted by atomic mass is 9.98. The number of ether oxygens (including phenoxy) is 2. The number of carbonyl (C=O) groups excluding carboxylic acids is 1. The van der Waals surface area contributed by atoms with Gasteiger partial charge in [-0.15, -0.1) is 0 Å². The molecule has 0 radical (unpaired) electrons. The Morgan fingerprint density at radius 2 is 1.73 bits per heavy atom. The Labute approximate surface area is 249 Å². The molecule has 0 aliphatic carbocycles. The van der Waals surface area contributed by atoms with Gasteiger partial charge in [-0.1, -0.05) is 86.3 Å². The van der Waals surface area contributed by atoms with E-state index in [0.717, 1.165) is 47.4 Å². The molecule has 2 aliphatic heterocycles. The van der Waals surface area contributed by atoms with Crippen molar-refractivity contribution in [1.29, 1.82) is 5.41 Å². The second kappa shape index (κ2) is 13.7. The van der Waals surface area contributed by atoms with E-state index < -0.39 is 5.91 Å². The zero-order valence-electron chi connectivity index (χ0n) is 23.1. The molecule has 3 aromatic rings. The third kappa shape index (κ3) is 7.10. The molecule has 0 aromatic heterocycles. The van der Waals surface area contributed by atoms with Crippen molar-refractivity contribution in [2.45, 2.75) is 38.4 Å². The second-order valence-corrected chi connectivity index (χ2v) is 11.3. The first kappa shape index (κ1) is 28.7. The van der Waals surface area contributed by atoms with Crippen LogP contribution in [0.1, 0.15) is 49.3 Å². The Balaban J connectivity index is 1.14. The fourth-order valence-corrected chi connectivity index (χ4v) is 6.11. The van der Waals surface area contributed by atoms with E-state index in [1.807, 2.05) is 54.6 Å². The average molecular weight is 585 g/mol. The minimum Gasteiger partial charge on any atom is -0.493 e. The summed E-state index contributed by atoms with van der Waals surface area (Å²) in [6.45, 7) is 5.50. The number of amides is 1. The molecule has 1 N–H and O–H groups in total. The molecular weight excluding hydrogens is 553 g/mol. The summed E-state index contributed by atoms with van der Waals surface area (Å²) in [5.41, 5.74) is 3.42. The van der Waals surface area contributed by atoms with Crippen LogP contribution in [0.3, 0.4) is 0 Å². The van der Waals surface area contributed by atoms with Crippen molar-refractivity contribution in [3.05, 3.63) is 101 Å². The summed E-state index contributed by atoms with van der Waals surface area (Å²) in [6.07, 6.45) is 3.52. The largest absolute Gasteiger partial charge is 0.493 e. The number of thioether (sulfide) groups is 1. The SMILES string of the molecule is CCC(C)c1ccccc1OCCCOc1ccc(C=C2C(=N)N3C(SCc4ccccc4)=NSC3=NC2=O)cc1. The van der Waals surface area contributed by atoms with Gasteiger partial charge in [0, 0.05) is 12.2 Å². The normalized spacial score (nSPS) is 16.3. The van der Waals surface area contributed by atoms with Crippen molar-refractivity contribution in [2.75, 3.05) is 13.2 Å². The van der Waals surface area contributed by atoms with E-state index in [-0.39, 0.29) is 11.4 Å². The van der Waals surface area contributed by atoms with Crippen LogP contribution < -0.4 is 9.47 Å². The summed E-state index contributed by atoms with van der Waals surface area (Å²) in [4.78, 5) is 18.6. The summed E-state index contributed by atoms with van der Waals surface area (Å²) >= 11 is 2.65. The van der Waals surface area contributed by atoms with E-state index in [9.17, 15) is 4.79 Å². The molecule has 0 saturated carbocycles. The Kier molecular flexibility index (Phi) is 9.59. The molecule has 2 heterocycles. The fourth-order valence-electron chi connectivity index (χ4n) is 4.31. The summed E-state index contributed by atoms with van der Waals surface area (Å²) in [5.74, 6) is 2.50. The maximum Gasteiger partial charge on any atom is 0.283 e. The van der Waals surface area contributed by atoms with E-state index in [1.165, 1.54) is 17.3 Å². The van der Waals surface area contributed by atoms with Crippen molar-refractivity contribution < 1.29 is 14.3 Å². The molecule has 9 heteroatoms. The molecule has 5 rings (SSSR count). The van der Waals surface area contributed by atoms with Crippen LogP contribution in [-0.4, -0.2) is 40.2 Å². The zero-order valence-corrected chi connectivity index (χ0v) is 24.7. The highest BCUT2D eigenvalue weighted by atomic mass is 32.2. The molecule has 0 saturated heterocycles. The van der Waals surface area contributed by atoms with Crippen LogP contribution in [0.5, 0.6) is 11.5 Å². The lowest BCUT2D eigenvalue weighted by molar-refractivity contribution is -0.114. The molecule has 7 nitrogen and oxygen atoms in total. The number of carbonyl (C=O) groups is 1. The van der Waals surface area contributed by atoms with Crippen molar-refractivity contribution >= 4 is 51.9 Å². The molecule has 1 unspecified atom stereocenters. The number of fused-ring (bicyclic) bond motifs is 1. The molecule has 210 valence electrons. The fraction of sp³-hybridized carbons (Fsp3) is 0.250. The quantitative estimate of drug-likeness (QED) is 0.142. The molecule has 1 atom stereocenters. The Hall–Kier alpha value is -3.82. The Morgan fingerprint density at radius 3 is 2.51 bits per heavy atom. The van der Waals surface area contributed by atoms with E-state index >= 15 is 0 Å². The highest BCUT2D eigenvalue weighted by Gasteiger charge is 2.37. The topological polar surface area (TPSA) is 87.3 Å². The monoisotopic (exact) mass is 584 g/mol. The van der Waals surface area contributed by atoms with Gasteiger partial charge in [-0.25, -0.2) is 4.90 Å².